The lowest BCUT2D eigenvalue weighted by Gasteiger charge is -2.28. The van der Waals surface area contributed by atoms with Crippen molar-refractivity contribution in [2.24, 2.45) is 10.7 Å². The number of fused-ring (bicyclic) bond motifs is 1. The van der Waals surface area contributed by atoms with Crippen LogP contribution in [0.4, 0.5) is 16.2 Å². The van der Waals surface area contributed by atoms with Gasteiger partial charge in [-0.3, -0.25) is 13.9 Å². The maximum Gasteiger partial charge on any atom is 0.531 e. The molecule has 2 amide bonds. The molecule has 0 saturated carbocycles. The topological polar surface area (TPSA) is 103 Å². The van der Waals surface area contributed by atoms with Gasteiger partial charge in [0.05, 0.1) is 24.6 Å². The number of rotatable bonds is 5. The molecule has 2 rings (SSSR count). The van der Waals surface area contributed by atoms with Crippen LogP contribution in [0.25, 0.3) is 0 Å². The molecule has 1 aromatic rings. The molecule has 0 atom stereocenters. The Labute approximate surface area is 128 Å². The second-order valence-electron chi connectivity index (χ2n) is 4.29. The highest BCUT2D eigenvalue weighted by Crippen LogP contribution is 2.50. The maximum atomic E-state index is 12.4. The van der Waals surface area contributed by atoms with Gasteiger partial charge < -0.3 is 10.3 Å². The summed E-state index contributed by atoms with van der Waals surface area (Å²) in [6.07, 6.45) is 0. The summed E-state index contributed by atoms with van der Waals surface area (Å²) in [5, 5.41) is 0. The summed E-state index contributed by atoms with van der Waals surface area (Å²) in [4.78, 5) is 17.1. The molecule has 1 aromatic carbocycles. The van der Waals surface area contributed by atoms with Gasteiger partial charge in [-0.05, 0) is 26.0 Å². The Bertz CT molecular complexity index is 624. The van der Waals surface area contributed by atoms with Crippen molar-refractivity contribution < 1.29 is 22.9 Å². The Hall–Kier alpha value is -1.89. The predicted octanol–water partition coefficient (Wildman–Crippen LogP) is 2.81. The lowest BCUT2D eigenvalue weighted by Crippen LogP contribution is -2.41. The lowest BCUT2D eigenvalue weighted by molar-refractivity contribution is 0.163. The van der Waals surface area contributed by atoms with Gasteiger partial charge in [-0.15, -0.1) is 0 Å². The van der Waals surface area contributed by atoms with Crippen LogP contribution in [0.3, 0.4) is 0 Å². The third-order valence-electron chi connectivity index (χ3n) is 2.77. The molecule has 22 heavy (non-hydrogen) atoms. The number of hydrogen-bond acceptors (Lipinski definition) is 6. The zero-order valence-corrected chi connectivity index (χ0v) is 13.3. The van der Waals surface area contributed by atoms with Gasteiger partial charge in [-0.2, -0.15) is 0 Å². The Morgan fingerprint density at radius 2 is 1.95 bits per heavy atom. The van der Waals surface area contributed by atoms with E-state index in [9.17, 15) is 9.36 Å². The highest BCUT2D eigenvalue weighted by atomic mass is 31.2. The zero-order valence-electron chi connectivity index (χ0n) is 12.4. The van der Waals surface area contributed by atoms with Crippen LogP contribution in [-0.2, 0) is 18.1 Å². The molecule has 1 aliphatic heterocycles. The van der Waals surface area contributed by atoms with E-state index in [1.807, 2.05) is 0 Å². The van der Waals surface area contributed by atoms with Crippen LogP contribution < -0.4 is 10.6 Å². The Morgan fingerprint density at radius 3 is 2.55 bits per heavy atom. The molecule has 1 aliphatic rings. The third-order valence-corrected chi connectivity index (χ3v) is 4.35. The number of carbonyl (C=O) groups excluding carboxylic acids is 1. The second kappa shape index (κ2) is 6.91. The van der Waals surface area contributed by atoms with Gasteiger partial charge in [-0.25, -0.2) is 14.4 Å². The van der Waals surface area contributed by atoms with Crippen molar-refractivity contribution in [3.63, 3.8) is 0 Å². The number of phosphoric acid groups is 1. The van der Waals surface area contributed by atoms with Crippen molar-refractivity contribution in [3.8, 4) is 0 Å². The van der Waals surface area contributed by atoms with Crippen LogP contribution in [0.15, 0.2) is 29.3 Å². The molecule has 120 valence electrons. The number of nitrogens with zero attached hydrogens (tertiary/aromatic N) is 2. The van der Waals surface area contributed by atoms with E-state index < -0.39 is 13.9 Å². The number of anilines is 1. The minimum Gasteiger partial charge on any atom is -0.388 e. The first-order valence-corrected chi connectivity index (χ1v) is 8.27. The fraction of sp³-hybridized carbons (Fsp3) is 0.385. The molecule has 2 N–H and O–H groups in total. The van der Waals surface area contributed by atoms with E-state index in [1.54, 1.807) is 38.1 Å². The number of hydrogen-bond donors (Lipinski definition) is 1. The van der Waals surface area contributed by atoms with Crippen molar-refractivity contribution in [1.82, 2.24) is 0 Å². The second-order valence-corrected chi connectivity index (χ2v) is 5.89. The van der Waals surface area contributed by atoms with Gasteiger partial charge >= 0.3 is 13.9 Å². The number of primary amides is 1. The Morgan fingerprint density at radius 1 is 1.32 bits per heavy atom. The highest BCUT2D eigenvalue weighted by Gasteiger charge is 2.32. The smallest absolute Gasteiger partial charge is 0.388 e. The number of urea groups is 1. The van der Waals surface area contributed by atoms with E-state index in [0.29, 0.717) is 11.4 Å². The summed E-state index contributed by atoms with van der Waals surface area (Å²) in [5.74, 6) is 0.0442. The summed E-state index contributed by atoms with van der Waals surface area (Å²) in [6, 6.07) is 6.27. The summed E-state index contributed by atoms with van der Waals surface area (Å²) in [6.45, 7) is 3.60. The Balaban J connectivity index is 2.31. The van der Waals surface area contributed by atoms with Crippen LogP contribution in [0.1, 0.15) is 13.8 Å². The molecular formula is C13H18N3O5P. The van der Waals surface area contributed by atoms with Gasteiger partial charge in [0.1, 0.15) is 6.54 Å². The molecule has 0 spiro atoms. The number of aliphatic imine (C=N–C) groups is 1. The van der Waals surface area contributed by atoms with Crippen LogP contribution in [0.5, 0.6) is 0 Å². The lowest BCUT2D eigenvalue weighted by atomic mass is 10.2. The monoisotopic (exact) mass is 327 g/mol. The predicted molar refractivity (Wildman–Crippen MR) is 82.4 cm³/mol. The van der Waals surface area contributed by atoms with Crippen LogP contribution in [0.2, 0.25) is 0 Å². The number of benzene rings is 1. The Kier molecular flexibility index (Phi) is 5.18. The van der Waals surface area contributed by atoms with Crippen molar-refractivity contribution in [3.05, 3.63) is 24.3 Å². The molecule has 8 nitrogen and oxygen atoms in total. The normalized spacial score (nSPS) is 14.3. The molecule has 0 bridgehead atoms. The maximum absolute atomic E-state index is 12.4. The highest BCUT2D eigenvalue weighted by molar-refractivity contribution is 7.49. The van der Waals surface area contributed by atoms with Gasteiger partial charge in [0.25, 0.3) is 0 Å². The van der Waals surface area contributed by atoms with Crippen molar-refractivity contribution in [2.45, 2.75) is 13.8 Å². The first kappa shape index (κ1) is 16.5. The van der Waals surface area contributed by atoms with Gasteiger partial charge in [-0.1, -0.05) is 12.1 Å². The van der Waals surface area contributed by atoms with Gasteiger partial charge in [0, 0.05) is 0 Å². The fourth-order valence-electron chi connectivity index (χ4n) is 1.96. The van der Waals surface area contributed by atoms with Gasteiger partial charge in [0.2, 0.25) is 5.90 Å². The summed E-state index contributed by atoms with van der Waals surface area (Å²) < 4.78 is 27.8. The largest absolute Gasteiger partial charge is 0.531 e. The van der Waals surface area contributed by atoms with Crippen molar-refractivity contribution in [1.29, 1.82) is 0 Å². The molecule has 9 heteroatoms. The average molecular weight is 327 g/mol. The van der Waals surface area contributed by atoms with E-state index >= 15 is 0 Å². The number of carbonyl (C=O) groups is 1. The first-order chi connectivity index (χ1) is 10.5. The van der Waals surface area contributed by atoms with E-state index in [2.05, 4.69) is 4.99 Å². The molecule has 0 fully saturated rings. The van der Waals surface area contributed by atoms with E-state index in [4.69, 9.17) is 19.3 Å². The van der Waals surface area contributed by atoms with Crippen molar-refractivity contribution in [2.75, 3.05) is 24.7 Å². The molecule has 0 unspecified atom stereocenters. The van der Waals surface area contributed by atoms with Crippen LogP contribution in [-0.4, -0.2) is 31.7 Å². The minimum absolute atomic E-state index is 0.0442. The van der Waals surface area contributed by atoms with Gasteiger partial charge in [0.15, 0.2) is 0 Å². The molecular weight excluding hydrogens is 309 g/mol. The zero-order chi connectivity index (χ0) is 16.2. The molecule has 0 aliphatic carbocycles. The molecule has 1 heterocycles. The summed E-state index contributed by atoms with van der Waals surface area (Å²) in [5.41, 5.74) is 6.42. The SMILES string of the molecule is CCOP(=O)(OCC)OC1=Nc2ccccc2N(C(N)=O)C1. The molecule has 0 radical (unpaired) electrons. The first-order valence-electron chi connectivity index (χ1n) is 6.81. The molecule has 0 aromatic heterocycles. The average Bonchev–Trinajstić information content (AvgIpc) is 2.46. The molecule has 0 saturated heterocycles. The fourth-order valence-corrected chi connectivity index (χ4v) is 3.13. The van der Waals surface area contributed by atoms with Crippen LogP contribution >= 0.6 is 7.82 Å². The number of phosphoric ester groups is 1. The number of amides is 2. The van der Waals surface area contributed by atoms with E-state index in [0.717, 1.165) is 0 Å². The van der Waals surface area contributed by atoms with Crippen molar-refractivity contribution >= 4 is 31.1 Å². The van der Waals surface area contributed by atoms with Crippen LogP contribution in [0, 0.1) is 0 Å². The minimum atomic E-state index is -3.77. The van der Waals surface area contributed by atoms with E-state index in [1.165, 1.54) is 4.90 Å². The number of para-hydroxylation sites is 2. The summed E-state index contributed by atoms with van der Waals surface area (Å²) in [7, 11) is -3.77. The number of nitrogens with two attached hydrogens (primary N) is 1. The van der Waals surface area contributed by atoms with E-state index in [-0.39, 0.29) is 25.7 Å². The third kappa shape index (κ3) is 3.65. The standard InChI is InChI=1S/C13H18N3O5P/c1-3-19-22(18,20-4-2)21-12-9-16(13(14)17)11-8-6-5-7-10(11)15-12/h5-8H,3-4,9H2,1-2H3,(H2,14,17). The quantitative estimate of drug-likeness (QED) is 0.838. The summed E-state index contributed by atoms with van der Waals surface area (Å²) >= 11 is 0.